The van der Waals surface area contributed by atoms with Crippen LogP contribution in [0.5, 0.6) is 0 Å². The van der Waals surface area contributed by atoms with Gasteiger partial charge in [-0.05, 0) is 40.3 Å². The van der Waals surface area contributed by atoms with Gasteiger partial charge in [0.15, 0.2) is 23.2 Å². The summed E-state index contributed by atoms with van der Waals surface area (Å²) in [7, 11) is 0. The van der Waals surface area contributed by atoms with Crippen LogP contribution in [0, 0.1) is 3.57 Å². The molecule has 28 heavy (non-hydrogen) atoms. The maximum Gasteiger partial charge on any atom is 0.167 e. The van der Waals surface area contributed by atoms with Crippen molar-refractivity contribution in [3.8, 4) is 0 Å². The molecule has 146 valence electrons. The Morgan fingerprint density at radius 1 is 1.36 bits per heavy atom. The molecule has 2 aliphatic rings. The SMILES string of the molecule is NC1C2OC[C@@]1(CO)O[C@H]2n1cnc2c(NCc3cccc(I)c3)ncnc21. The van der Waals surface area contributed by atoms with Gasteiger partial charge in [0.1, 0.15) is 18.0 Å². The number of hydrogen-bond donors (Lipinski definition) is 3. The molecule has 2 aromatic heterocycles. The molecule has 2 fully saturated rings. The Hall–Kier alpha value is -1.86. The van der Waals surface area contributed by atoms with Gasteiger partial charge in [-0.1, -0.05) is 12.1 Å². The molecule has 9 nitrogen and oxygen atoms in total. The molecule has 0 amide bonds. The first-order valence-electron chi connectivity index (χ1n) is 8.93. The van der Waals surface area contributed by atoms with Crippen molar-refractivity contribution in [2.45, 2.75) is 30.5 Å². The number of hydrogen-bond acceptors (Lipinski definition) is 8. The van der Waals surface area contributed by atoms with E-state index < -0.39 is 17.9 Å². The first-order chi connectivity index (χ1) is 13.6. The monoisotopic (exact) mass is 494 g/mol. The van der Waals surface area contributed by atoms with Crippen LogP contribution in [0.3, 0.4) is 0 Å². The van der Waals surface area contributed by atoms with Crippen LogP contribution in [0.4, 0.5) is 5.82 Å². The molecule has 2 saturated heterocycles. The van der Waals surface area contributed by atoms with Crippen LogP contribution in [0.2, 0.25) is 0 Å². The highest BCUT2D eigenvalue weighted by molar-refractivity contribution is 14.1. The fourth-order valence-corrected chi connectivity index (χ4v) is 4.43. The summed E-state index contributed by atoms with van der Waals surface area (Å²) in [5.74, 6) is 0.646. The lowest BCUT2D eigenvalue weighted by molar-refractivity contribution is -0.182. The van der Waals surface area contributed by atoms with E-state index in [0.717, 1.165) is 5.56 Å². The molecular weight excluding hydrogens is 475 g/mol. The molecular formula is C18H19IN6O3. The molecule has 0 saturated carbocycles. The lowest BCUT2D eigenvalue weighted by atomic mass is 9.98. The lowest BCUT2D eigenvalue weighted by Gasteiger charge is -2.29. The number of aliphatic hydroxyl groups excluding tert-OH is 1. The summed E-state index contributed by atoms with van der Waals surface area (Å²) in [5.41, 5.74) is 7.79. The summed E-state index contributed by atoms with van der Waals surface area (Å²) in [6.07, 6.45) is 2.30. The zero-order chi connectivity index (χ0) is 19.3. The fraction of sp³-hybridized carbons (Fsp3) is 0.389. The zero-order valence-electron chi connectivity index (χ0n) is 14.8. The topological polar surface area (TPSA) is 120 Å². The molecule has 3 aromatic rings. The molecule has 10 heteroatoms. The van der Waals surface area contributed by atoms with Crippen molar-refractivity contribution in [1.82, 2.24) is 19.5 Å². The second kappa shape index (κ2) is 6.88. The molecule has 5 rings (SSSR count). The van der Waals surface area contributed by atoms with Crippen LogP contribution in [0.25, 0.3) is 11.2 Å². The highest BCUT2D eigenvalue weighted by Gasteiger charge is 2.60. The van der Waals surface area contributed by atoms with Crippen molar-refractivity contribution in [1.29, 1.82) is 0 Å². The van der Waals surface area contributed by atoms with Crippen molar-refractivity contribution in [3.05, 3.63) is 46.1 Å². The summed E-state index contributed by atoms with van der Waals surface area (Å²) in [6, 6.07) is 7.84. The number of aliphatic hydroxyl groups is 1. The van der Waals surface area contributed by atoms with Crippen molar-refractivity contribution >= 4 is 39.6 Å². The third-order valence-corrected chi connectivity index (χ3v) is 6.04. The van der Waals surface area contributed by atoms with Crippen molar-refractivity contribution in [2.24, 2.45) is 5.73 Å². The largest absolute Gasteiger partial charge is 0.393 e. The minimum atomic E-state index is -0.871. The van der Waals surface area contributed by atoms with Crippen LogP contribution < -0.4 is 11.1 Å². The van der Waals surface area contributed by atoms with Gasteiger partial charge in [-0.3, -0.25) is 4.57 Å². The Morgan fingerprint density at radius 3 is 3.04 bits per heavy atom. The first kappa shape index (κ1) is 18.2. The third kappa shape index (κ3) is 2.78. The van der Waals surface area contributed by atoms with Gasteiger partial charge in [0.05, 0.1) is 25.6 Å². The van der Waals surface area contributed by atoms with Crippen LogP contribution in [0.15, 0.2) is 36.9 Å². The van der Waals surface area contributed by atoms with E-state index in [1.165, 1.54) is 9.90 Å². The average Bonchev–Trinajstić information content (AvgIpc) is 3.36. The Kier molecular flexibility index (Phi) is 4.47. The van der Waals surface area contributed by atoms with Gasteiger partial charge in [0.25, 0.3) is 0 Å². The second-order valence-electron chi connectivity index (χ2n) is 7.06. The molecule has 4 N–H and O–H groups in total. The van der Waals surface area contributed by atoms with Crippen LogP contribution in [-0.2, 0) is 16.0 Å². The van der Waals surface area contributed by atoms with Crippen LogP contribution in [0.1, 0.15) is 11.8 Å². The number of benzene rings is 1. The molecule has 4 atom stereocenters. The van der Waals surface area contributed by atoms with Crippen molar-refractivity contribution < 1.29 is 14.6 Å². The number of imidazole rings is 1. The number of halogens is 1. The van der Waals surface area contributed by atoms with Crippen molar-refractivity contribution in [3.63, 3.8) is 0 Å². The third-order valence-electron chi connectivity index (χ3n) is 5.37. The van der Waals surface area contributed by atoms with E-state index in [0.29, 0.717) is 23.5 Å². The highest BCUT2D eigenvalue weighted by Crippen LogP contribution is 2.44. The molecule has 1 aromatic carbocycles. The maximum absolute atomic E-state index is 9.74. The van der Waals surface area contributed by atoms with Gasteiger partial charge in [0, 0.05) is 10.1 Å². The van der Waals surface area contributed by atoms with Crippen molar-refractivity contribution in [2.75, 3.05) is 18.5 Å². The van der Waals surface area contributed by atoms with Crippen LogP contribution >= 0.6 is 22.6 Å². The summed E-state index contributed by atoms with van der Waals surface area (Å²) < 4.78 is 14.8. The number of nitrogens with one attached hydrogen (secondary N) is 1. The normalized spacial score (nSPS) is 28.9. The van der Waals surface area contributed by atoms with E-state index in [-0.39, 0.29) is 19.3 Å². The maximum atomic E-state index is 9.74. The summed E-state index contributed by atoms with van der Waals surface area (Å²) in [5, 5.41) is 13.1. The second-order valence-corrected chi connectivity index (χ2v) is 8.31. The van der Waals surface area contributed by atoms with E-state index >= 15 is 0 Å². The molecule has 4 heterocycles. The predicted molar refractivity (Wildman–Crippen MR) is 109 cm³/mol. The Morgan fingerprint density at radius 2 is 2.25 bits per heavy atom. The van der Waals surface area contributed by atoms with E-state index in [1.54, 1.807) is 10.9 Å². The molecule has 0 aliphatic carbocycles. The number of fused-ring (bicyclic) bond motifs is 3. The van der Waals surface area contributed by atoms with E-state index in [1.807, 2.05) is 6.07 Å². The molecule has 0 radical (unpaired) electrons. The minimum Gasteiger partial charge on any atom is -0.393 e. The van der Waals surface area contributed by atoms with Gasteiger partial charge in [-0.15, -0.1) is 0 Å². The average molecular weight is 494 g/mol. The summed E-state index contributed by atoms with van der Waals surface area (Å²) in [6.45, 7) is 0.724. The first-order valence-corrected chi connectivity index (χ1v) is 10.0. The van der Waals surface area contributed by atoms with Gasteiger partial charge in [-0.2, -0.15) is 0 Å². The molecule has 2 unspecified atom stereocenters. The Labute approximate surface area is 174 Å². The quantitative estimate of drug-likeness (QED) is 0.450. The number of nitrogens with zero attached hydrogens (tertiary/aromatic N) is 4. The van der Waals surface area contributed by atoms with Gasteiger partial charge in [0.2, 0.25) is 0 Å². The van der Waals surface area contributed by atoms with E-state index in [4.69, 9.17) is 15.2 Å². The molecule has 2 aliphatic heterocycles. The zero-order valence-corrected chi connectivity index (χ0v) is 17.0. The minimum absolute atomic E-state index is 0.189. The van der Waals surface area contributed by atoms with E-state index in [9.17, 15) is 5.11 Å². The number of aromatic nitrogens is 4. The Balaban J connectivity index is 1.43. The summed E-state index contributed by atoms with van der Waals surface area (Å²) >= 11 is 2.29. The van der Waals surface area contributed by atoms with Crippen LogP contribution in [-0.4, -0.2) is 55.6 Å². The van der Waals surface area contributed by atoms with E-state index in [2.05, 4.69) is 61.1 Å². The predicted octanol–water partition coefficient (Wildman–Crippen LogP) is 1.03. The number of anilines is 1. The van der Waals surface area contributed by atoms with Gasteiger partial charge < -0.3 is 25.6 Å². The highest BCUT2D eigenvalue weighted by atomic mass is 127. The molecule has 2 bridgehead atoms. The summed E-state index contributed by atoms with van der Waals surface area (Å²) in [4.78, 5) is 13.2. The smallest absolute Gasteiger partial charge is 0.167 e. The van der Waals surface area contributed by atoms with Gasteiger partial charge in [-0.25, -0.2) is 15.0 Å². The molecule has 0 spiro atoms. The number of ether oxygens (including phenoxy) is 2. The fourth-order valence-electron chi connectivity index (χ4n) is 3.82. The number of rotatable bonds is 5. The standard InChI is InChI=1S/C18H19IN6O3/c19-11-3-1-2-10(4-11)5-21-15-12-16(23-8-22-15)25(9-24-12)17-13-14(20)18(6-26,28-17)7-27-13/h1-4,8-9,13-14,17,26H,5-7,20H2,(H,21,22,23)/t13?,14?,17-,18-/m1/s1. The number of nitrogens with two attached hydrogens (primary N) is 1. The lowest BCUT2D eigenvalue weighted by Crippen LogP contribution is -2.48. The van der Waals surface area contributed by atoms with Gasteiger partial charge >= 0.3 is 0 Å². The Bertz CT molecular complexity index is 1030.